The topological polar surface area (TPSA) is 89.8 Å². The molecular formula is C47H95NO4. The van der Waals surface area contributed by atoms with Crippen LogP contribution in [0.15, 0.2) is 0 Å². The second-order valence-corrected chi connectivity index (χ2v) is 16.7. The van der Waals surface area contributed by atoms with Crippen molar-refractivity contribution in [2.45, 2.75) is 289 Å². The molecule has 3 unspecified atom stereocenters. The van der Waals surface area contributed by atoms with Crippen LogP contribution in [0.5, 0.6) is 0 Å². The minimum Gasteiger partial charge on any atom is -0.394 e. The van der Waals surface area contributed by atoms with E-state index in [4.69, 9.17) is 0 Å². The summed E-state index contributed by atoms with van der Waals surface area (Å²) in [6.07, 6.45) is 49.4. The van der Waals surface area contributed by atoms with Gasteiger partial charge in [-0.1, -0.05) is 251 Å². The van der Waals surface area contributed by atoms with Gasteiger partial charge in [0, 0.05) is 6.42 Å². The summed E-state index contributed by atoms with van der Waals surface area (Å²) in [5.74, 6) is -0.140. The van der Waals surface area contributed by atoms with E-state index in [0.717, 1.165) is 32.1 Å². The summed E-state index contributed by atoms with van der Waals surface area (Å²) in [6, 6.07) is -0.802. The molecule has 5 nitrogen and oxygen atoms in total. The molecule has 0 spiro atoms. The molecule has 0 aromatic heterocycles. The van der Waals surface area contributed by atoms with Crippen molar-refractivity contribution in [1.82, 2.24) is 5.32 Å². The van der Waals surface area contributed by atoms with E-state index in [1.54, 1.807) is 0 Å². The van der Waals surface area contributed by atoms with E-state index in [1.807, 2.05) is 0 Å². The Kier molecular flexibility index (Phi) is 42.5. The number of hydrogen-bond donors (Lipinski definition) is 4. The van der Waals surface area contributed by atoms with Gasteiger partial charge in [-0.25, -0.2) is 0 Å². The van der Waals surface area contributed by atoms with Crippen molar-refractivity contribution >= 4 is 5.91 Å². The first kappa shape index (κ1) is 51.4. The zero-order chi connectivity index (χ0) is 38.0. The lowest BCUT2D eigenvalue weighted by molar-refractivity contribution is -0.124. The Hall–Kier alpha value is -0.650. The first-order valence-corrected chi connectivity index (χ1v) is 23.8. The molecule has 1 amide bonds. The maximum absolute atomic E-state index is 12.4. The van der Waals surface area contributed by atoms with Crippen molar-refractivity contribution in [2.75, 3.05) is 6.61 Å². The van der Waals surface area contributed by atoms with Crippen LogP contribution in [-0.4, -0.2) is 46.1 Å². The third-order valence-corrected chi connectivity index (χ3v) is 11.5. The summed E-state index contributed by atoms with van der Waals surface area (Å²) < 4.78 is 0. The van der Waals surface area contributed by atoms with Crippen LogP contribution in [0.2, 0.25) is 0 Å². The van der Waals surface area contributed by atoms with Crippen LogP contribution in [0, 0.1) is 0 Å². The number of hydrogen-bond acceptors (Lipinski definition) is 4. The molecule has 0 aliphatic heterocycles. The average molecular weight is 738 g/mol. The first-order valence-electron chi connectivity index (χ1n) is 23.8. The molecule has 0 radical (unpaired) electrons. The Bertz CT molecular complexity index is 688. The van der Waals surface area contributed by atoms with Crippen LogP contribution >= 0.6 is 0 Å². The summed E-state index contributed by atoms with van der Waals surface area (Å²) >= 11 is 0. The van der Waals surface area contributed by atoms with E-state index in [9.17, 15) is 20.1 Å². The molecule has 52 heavy (non-hydrogen) atoms. The smallest absolute Gasteiger partial charge is 0.220 e. The molecule has 0 saturated heterocycles. The lowest BCUT2D eigenvalue weighted by Gasteiger charge is -2.26. The molecule has 5 heteroatoms. The predicted molar refractivity (Wildman–Crippen MR) is 227 cm³/mol. The fourth-order valence-electron chi connectivity index (χ4n) is 7.75. The van der Waals surface area contributed by atoms with Gasteiger partial charge in [0.25, 0.3) is 0 Å². The van der Waals surface area contributed by atoms with Gasteiger partial charge < -0.3 is 20.6 Å². The van der Waals surface area contributed by atoms with E-state index < -0.39 is 18.2 Å². The lowest BCUT2D eigenvalue weighted by atomic mass is 9.99. The number of aliphatic hydroxyl groups excluding tert-OH is 3. The normalized spacial score (nSPS) is 13.4. The molecule has 0 aromatic carbocycles. The summed E-state index contributed by atoms with van der Waals surface area (Å²) in [5, 5.41) is 33.6. The maximum Gasteiger partial charge on any atom is 0.220 e. The highest BCUT2D eigenvalue weighted by Crippen LogP contribution is 2.18. The lowest BCUT2D eigenvalue weighted by Crippen LogP contribution is -2.50. The Morgan fingerprint density at radius 2 is 0.654 bits per heavy atom. The first-order chi connectivity index (χ1) is 25.6. The molecule has 0 saturated carbocycles. The Morgan fingerprint density at radius 1 is 0.404 bits per heavy atom. The molecule has 0 heterocycles. The van der Waals surface area contributed by atoms with Crippen LogP contribution in [0.1, 0.15) is 271 Å². The van der Waals surface area contributed by atoms with Gasteiger partial charge in [0.1, 0.15) is 6.10 Å². The molecule has 312 valence electrons. The number of rotatable bonds is 44. The highest BCUT2D eigenvalue weighted by molar-refractivity contribution is 5.76. The van der Waals surface area contributed by atoms with Crippen LogP contribution in [-0.2, 0) is 4.79 Å². The summed E-state index contributed by atoms with van der Waals surface area (Å²) in [6.45, 7) is 4.20. The number of aliphatic hydroxyl groups is 3. The molecule has 0 aliphatic rings. The second-order valence-electron chi connectivity index (χ2n) is 16.7. The van der Waals surface area contributed by atoms with Crippen molar-refractivity contribution in [3.05, 3.63) is 0 Å². The van der Waals surface area contributed by atoms with Gasteiger partial charge in [0.15, 0.2) is 0 Å². The fraction of sp³-hybridized carbons (Fsp3) is 0.979. The fourth-order valence-corrected chi connectivity index (χ4v) is 7.75. The molecule has 0 fully saturated rings. The van der Waals surface area contributed by atoms with E-state index in [2.05, 4.69) is 19.2 Å². The largest absolute Gasteiger partial charge is 0.394 e. The number of amides is 1. The molecule has 4 N–H and O–H groups in total. The second kappa shape index (κ2) is 43.1. The third-order valence-electron chi connectivity index (χ3n) is 11.5. The van der Waals surface area contributed by atoms with E-state index in [-0.39, 0.29) is 12.5 Å². The number of unbranched alkanes of at least 4 members (excludes halogenated alkanes) is 36. The Balaban J connectivity index is 3.52. The van der Waals surface area contributed by atoms with Crippen molar-refractivity contribution in [1.29, 1.82) is 0 Å². The Labute approximate surface area is 326 Å². The zero-order valence-corrected chi connectivity index (χ0v) is 35.5. The van der Waals surface area contributed by atoms with Crippen molar-refractivity contribution in [3.63, 3.8) is 0 Å². The van der Waals surface area contributed by atoms with Crippen LogP contribution < -0.4 is 5.32 Å². The summed E-state index contributed by atoms with van der Waals surface area (Å²) in [4.78, 5) is 12.4. The number of nitrogens with one attached hydrogen (secondary N) is 1. The summed E-state index contributed by atoms with van der Waals surface area (Å²) in [5.41, 5.74) is 0. The highest BCUT2D eigenvalue weighted by Gasteiger charge is 2.26. The van der Waals surface area contributed by atoms with Crippen LogP contribution in [0.25, 0.3) is 0 Å². The minimum atomic E-state index is -1.13. The van der Waals surface area contributed by atoms with Gasteiger partial charge in [-0.15, -0.1) is 0 Å². The van der Waals surface area contributed by atoms with Crippen LogP contribution in [0.4, 0.5) is 0 Å². The minimum absolute atomic E-state index is 0.140. The standard InChI is InChI=1S/C47H95NO4/c1-3-5-7-9-11-13-15-17-19-20-21-22-23-24-25-26-27-28-29-31-33-35-37-39-41-45(50)47(52)44(43-49)48-46(51)42-40-38-36-34-32-30-18-16-14-12-10-8-6-4-2/h44-45,47,49-50,52H,3-43H2,1-2H3,(H,48,51). The van der Waals surface area contributed by atoms with Gasteiger partial charge in [-0.3, -0.25) is 4.79 Å². The quantitative estimate of drug-likeness (QED) is 0.0469. The summed E-state index contributed by atoms with van der Waals surface area (Å²) in [7, 11) is 0. The van der Waals surface area contributed by atoms with E-state index in [1.165, 1.54) is 212 Å². The Morgan fingerprint density at radius 3 is 0.923 bits per heavy atom. The SMILES string of the molecule is CCCCCCCCCCCCCCCCCCCCCCCCCCC(O)C(O)C(CO)NC(=O)CCCCCCCCCCCCCCCC. The average Bonchev–Trinajstić information content (AvgIpc) is 3.15. The maximum atomic E-state index is 12.4. The zero-order valence-electron chi connectivity index (χ0n) is 35.5. The molecule has 0 bridgehead atoms. The van der Waals surface area contributed by atoms with E-state index >= 15 is 0 Å². The van der Waals surface area contributed by atoms with Crippen molar-refractivity contribution in [3.8, 4) is 0 Å². The highest BCUT2D eigenvalue weighted by atomic mass is 16.3. The van der Waals surface area contributed by atoms with Crippen molar-refractivity contribution < 1.29 is 20.1 Å². The third kappa shape index (κ3) is 37.7. The van der Waals surface area contributed by atoms with E-state index in [0.29, 0.717) is 12.8 Å². The molecule has 3 atom stereocenters. The van der Waals surface area contributed by atoms with Gasteiger partial charge >= 0.3 is 0 Å². The number of carbonyl (C=O) groups is 1. The van der Waals surface area contributed by atoms with Gasteiger partial charge in [0.2, 0.25) is 5.91 Å². The number of carbonyl (C=O) groups excluding carboxylic acids is 1. The van der Waals surface area contributed by atoms with Gasteiger partial charge in [-0.05, 0) is 12.8 Å². The van der Waals surface area contributed by atoms with Gasteiger partial charge in [-0.2, -0.15) is 0 Å². The van der Waals surface area contributed by atoms with Gasteiger partial charge in [0.05, 0.1) is 18.8 Å². The van der Waals surface area contributed by atoms with Crippen molar-refractivity contribution in [2.24, 2.45) is 0 Å². The predicted octanol–water partition coefficient (Wildman–Crippen LogP) is 13.8. The molecule has 0 aliphatic carbocycles. The molecular weight excluding hydrogens is 643 g/mol. The van der Waals surface area contributed by atoms with Crippen LogP contribution in [0.3, 0.4) is 0 Å². The molecule has 0 aromatic rings. The monoisotopic (exact) mass is 738 g/mol. The molecule has 0 rings (SSSR count).